The van der Waals surface area contributed by atoms with Crippen LogP contribution in [0.2, 0.25) is 0 Å². The maximum atomic E-state index is 13.1. The molecule has 0 unspecified atom stereocenters. The highest BCUT2D eigenvalue weighted by atomic mass is 16.2. The number of carbonyl (C=O) groups is 2. The molecule has 33 heavy (non-hydrogen) atoms. The molecule has 1 aliphatic rings. The molecule has 4 rings (SSSR count). The number of para-hydroxylation sites is 1. The van der Waals surface area contributed by atoms with Crippen molar-refractivity contribution < 1.29 is 9.59 Å². The molecule has 1 aliphatic heterocycles. The van der Waals surface area contributed by atoms with E-state index in [-0.39, 0.29) is 11.9 Å². The summed E-state index contributed by atoms with van der Waals surface area (Å²) < 4.78 is 0. The number of nitrogens with one attached hydrogen (secondary N) is 3. The van der Waals surface area contributed by atoms with Gasteiger partial charge in [-0.15, -0.1) is 0 Å². The maximum Gasteiger partial charge on any atom is 0.323 e. The van der Waals surface area contributed by atoms with Gasteiger partial charge in [-0.25, -0.2) is 4.79 Å². The van der Waals surface area contributed by atoms with Crippen LogP contribution in [-0.2, 0) is 13.0 Å². The van der Waals surface area contributed by atoms with Gasteiger partial charge in [-0.1, -0.05) is 55.5 Å². The number of aryl methyl sites for hydroxylation is 1. The Hall–Kier alpha value is -3.80. The van der Waals surface area contributed by atoms with Gasteiger partial charge < -0.3 is 20.9 Å². The quantitative estimate of drug-likeness (QED) is 0.457. The maximum absolute atomic E-state index is 13.1. The van der Waals surface area contributed by atoms with Gasteiger partial charge in [0.15, 0.2) is 0 Å². The Morgan fingerprint density at radius 3 is 2.36 bits per heavy atom. The van der Waals surface area contributed by atoms with Crippen molar-refractivity contribution in [1.29, 1.82) is 0 Å². The van der Waals surface area contributed by atoms with Gasteiger partial charge in [0.25, 0.3) is 5.91 Å². The SMILES string of the molecule is CCc1ccccc1NC(=O)Nc1ccc(N2CCCC2)c(C(=O)NCc2ccccc2)c1. The molecule has 0 saturated carbocycles. The summed E-state index contributed by atoms with van der Waals surface area (Å²) in [6, 6.07) is 22.8. The Kier molecular flexibility index (Phi) is 7.25. The summed E-state index contributed by atoms with van der Waals surface area (Å²) in [6.07, 6.45) is 3.06. The fourth-order valence-corrected chi connectivity index (χ4v) is 4.14. The third-order valence-corrected chi connectivity index (χ3v) is 5.89. The number of rotatable bonds is 7. The van der Waals surface area contributed by atoms with Crippen molar-refractivity contribution in [1.82, 2.24) is 5.32 Å². The van der Waals surface area contributed by atoms with Gasteiger partial charge in [0, 0.05) is 36.7 Å². The molecule has 0 bridgehead atoms. The molecular weight excluding hydrogens is 412 g/mol. The van der Waals surface area contributed by atoms with E-state index >= 15 is 0 Å². The van der Waals surface area contributed by atoms with Crippen molar-refractivity contribution in [3.63, 3.8) is 0 Å². The highest BCUT2D eigenvalue weighted by molar-refractivity contribution is 6.04. The van der Waals surface area contributed by atoms with Crippen LogP contribution in [0, 0.1) is 0 Å². The van der Waals surface area contributed by atoms with Gasteiger partial charge in [-0.3, -0.25) is 4.79 Å². The van der Waals surface area contributed by atoms with Gasteiger partial charge in [-0.05, 0) is 54.7 Å². The molecule has 0 aromatic heterocycles. The Morgan fingerprint density at radius 2 is 1.61 bits per heavy atom. The highest BCUT2D eigenvalue weighted by Gasteiger charge is 2.20. The first-order valence-corrected chi connectivity index (χ1v) is 11.5. The van der Waals surface area contributed by atoms with Crippen LogP contribution in [0.1, 0.15) is 41.3 Å². The lowest BCUT2D eigenvalue weighted by molar-refractivity contribution is 0.0951. The van der Waals surface area contributed by atoms with Gasteiger partial charge in [0.05, 0.1) is 5.56 Å². The van der Waals surface area contributed by atoms with Crippen molar-refractivity contribution in [2.75, 3.05) is 28.6 Å². The van der Waals surface area contributed by atoms with E-state index in [1.807, 2.05) is 66.7 Å². The Morgan fingerprint density at radius 1 is 0.879 bits per heavy atom. The lowest BCUT2D eigenvalue weighted by Gasteiger charge is -2.22. The van der Waals surface area contributed by atoms with Gasteiger partial charge in [0.1, 0.15) is 0 Å². The van der Waals surface area contributed by atoms with E-state index < -0.39 is 0 Å². The standard InChI is InChI=1S/C27H30N4O2/c1-2-21-12-6-7-13-24(21)30-27(33)29-22-14-15-25(31-16-8-9-17-31)23(18-22)26(32)28-19-20-10-4-3-5-11-20/h3-7,10-15,18H,2,8-9,16-17,19H2,1H3,(H,28,32)(H2,29,30,33). The van der Waals surface area contributed by atoms with E-state index in [0.717, 1.165) is 54.9 Å². The Balaban J connectivity index is 1.51. The van der Waals surface area contributed by atoms with E-state index in [1.165, 1.54) is 0 Å². The second-order valence-corrected chi connectivity index (χ2v) is 8.18. The molecule has 3 N–H and O–H groups in total. The molecule has 0 aliphatic carbocycles. The van der Waals surface area contributed by atoms with Crippen LogP contribution < -0.4 is 20.9 Å². The summed E-state index contributed by atoms with van der Waals surface area (Å²) in [7, 11) is 0. The first kappa shape index (κ1) is 22.4. The van der Waals surface area contributed by atoms with E-state index in [2.05, 4.69) is 27.8 Å². The first-order valence-electron chi connectivity index (χ1n) is 11.5. The molecule has 3 aromatic rings. The van der Waals surface area contributed by atoms with Crippen LogP contribution in [0.15, 0.2) is 72.8 Å². The number of carbonyl (C=O) groups excluding carboxylic acids is 2. The molecule has 1 heterocycles. The molecular formula is C27H30N4O2. The molecule has 170 valence electrons. The normalized spacial score (nSPS) is 12.9. The number of urea groups is 1. The van der Waals surface area contributed by atoms with Gasteiger partial charge in [0.2, 0.25) is 0 Å². The minimum atomic E-state index is -0.333. The summed E-state index contributed by atoms with van der Waals surface area (Å²) in [5.74, 6) is -0.152. The zero-order valence-corrected chi connectivity index (χ0v) is 18.9. The third kappa shape index (κ3) is 5.71. The monoisotopic (exact) mass is 442 g/mol. The van der Waals surface area contributed by atoms with E-state index in [1.54, 1.807) is 6.07 Å². The molecule has 0 atom stereocenters. The van der Waals surface area contributed by atoms with Crippen molar-refractivity contribution in [2.24, 2.45) is 0 Å². The number of nitrogens with zero attached hydrogens (tertiary/aromatic N) is 1. The van der Waals surface area contributed by atoms with E-state index in [0.29, 0.717) is 17.8 Å². The molecule has 6 nitrogen and oxygen atoms in total. The minimum Gasteiger partial charge on any atom is -0.371 e. The lowest BCUT2D eigenvalue weighted by atomic mass is 10.1. The topological polar surface area (TPSA) is 73.5 Å². The number of benzene rings is 3. The van der Waals surface area contributed by atoms with Crippen LogP contribution in [0.5, 0.6) is 0 Å². The van der Waals surface area contributed by atoms with Crippen LogP contribution >= 0.6 is 0 Å². The summed E-state index contributed by atoms with van der Waals surface area (Å²) in [5, 5.41) is 8.81. The predicted octanol–water partition coefficient (Wildman–Crippen LogP) is 5.42. The number of anilines is 3. The smallest absolute Gasteiger partial charge is 0.323 e. The van der Waals surface area contributed by atoms with Crippen LogP contribution in [0.3, 0.4) is 0 Å². The molecule has 3 aromatic carbocycles. The fraction of sp³-hybridized carbons (Fsp3) is 0.259. The number of amides is 3. The fourth-order valence-electron chi connectivity index (χ4n) is 4.14. The van der Waals surface area contributed by atoms with Crippen molar-refractivity contribution >= 4 is 29.0 Å². The third-order valence-electron chi connectivity index (χ3n) is 5.89. The summed E-state index contributed by atoms with van der Waals surface area (Å²) in [5.41, 5.74) is 4.94. The van der Waals surface area contributed by atoms with Gasteiger partial charge in [-0.2, -0.15) is 0 Å². The lowest BCUT2D eigenvalue weighted by Crippen LogP contribution is -2.27. The summed E-state index contributed by atoms with van der Waals surface area (Å²) >= 11 is 0. The highest BCUT2D eigenvalue weighted by Crippen LogP contribution is 2.28. The van der Waals surface area contributed by atoms with Crippen LogP contribution in [0.25, 0.3) is 0 Å². The Labute approximate surface area is 195 Å². The van der Waals surface area contributed by atoms with Crippen LogP contribution in [-0.4, -0.2) is 25.0 Å². The van der Waals surface area contributed by atoms with Gasteiger partial charge >= 0.3 is 6.03 Å². The van der Waals surface area contributed by atoms with Crippen molar-refractivity contribution in [3.8, 4) is 0 Å². The molecule has 1 saturated heterocycles. The summed E-state index contributed by atoms with van der Waals surface area (Å²) in [4.78, 5) is 28.0. The molecule has 3 amide bonds. The zero-order chi connectivity index (χ0) is 23.0. The second-order valence-electron chi connectivity index (χ2n) is 8.18. The predicted molar refractivity (Wildman–Crippen MR) is 134 cm³/mol. The molecule has 0 radical (unpaired) electrons. The zero-order valence-electron chi connectivity index (χ0n) is 18.9. The molecule has 1 fully saturated rings. The van der Waals surface area contributed by atoms with E-state index in [9.17, 15) is 9.59 Å². The molecule has 6 heteroatoms. The average Bonchev–Trinajstić information content (AvgIpc) is 3.38. The second kappa shape index (κ2) is 10.7. The number of hydrogen-bond donors (Lipinski definition) is 3. The first-order chi connectivity index (χ1) is 16.1. The minimum absolute atomic E-state index is 0.152. The number of hydrogen-bond acceptors (Lipinski definition) is 3. The average molecular weight is 443 g/mol. The Bertz CT molecular complexity index is 1110. The van der Waals surface area contributed by atoms with Crippen molar-refractivity contribution in [2.45, 2.75) is 32.7 Å². The van der Waals surface area contributed by atoms with E-state index in [4.69, 9.17) is 0 Å². The van der Waals surface area contributed by atoms with Crippen LogP contribution in [0.4, 0.5) is 21.9 Å². The summed E-state index contributed by atoms with van der Waals surface area (Å²) in [6.45, 7) is 4.36. The van der Waals surface area contributed by atoms with Crippen molar-refractivity contribution in [3.05, 3.63) is 89.5 Å². The molecule has 0 spiro atoms. The largest absolute Gasteiger partial charge is 0.371 e.